The summed E-state index contributed by atoms with van der Waals surface area (Å²) < 4.78 is 19.0. The van der Waals surface area contributed by atoms with Gasteiger partial charge in [0.2, 0.25) is 0 Å². The van der Waals surface area contributed by atoms with Crippen LogP contribution in [0.15, 0.2) is 47.8 Å². The van der Waals surface area contributed by atoms with Crippen LogP contribution < -0.4 is 5.73 Å². The zero-order chi connectivity index (χ0) is 17.8. The number of benzene rings is 2. The van der Waals surface area contributed by atoms with Gasteiger partial charge in [-0.3, -0.25) is 0 Å². The van der Waals surface area contributed by atoms with Crippen LogP contribution in [0.25, 0.3) is 0 Å². The number of aromatic nitrogens is 1. The Morgan fingerprint density at radius 1 is 1.24 bits per heavy atom. The lowest BCUT2D eigenvalue weighted by molar-refractivity contribution is 0.0464. The number of rotatable bonds is 5. The number of thiazole rings is 1. The van der Waals surface area contributed by atoms with E-state index in [2.05, 4.69) is 4.98 Å². The van der Waals surface area contributed by atoms with Gasteiger partial charge in [0.05, 0.1) is 16.4 Å². The fraction of sp³-hybridized carbons (Fsp3) is 0.158. The molecule has 1 heterocycles. The molecule has 2 aromatic carbocycles. The van der Waals surface area contributed by atoms with E-state index < -0.39 is 11.8 Å². The van der Waals surface area contributed by atoms with Gasteiger partial charge >= 0.3 is 5.97 Å². The Labute approximate surface area is 149 Å². The minimum Gasteiger partial charge on any atom is -0.455 e. The highest BCUT2D eigenvalue weighted by Crippen LogP contribution is 2.22. The van der Waals surface area contributed by atoms with Crippen molar-refractivity contribution in [1.82, 2.24) is 4.98 Å². The molecule has 0 aliphatic heterocycles. The number of nitrogens with two attached hydrogens (primary N) is 1. The fourth-order valence-corrected chi connectivity index (χ4v) is 3.20. The zero-order valence-corrected chi connectivity index (χ0v) is 14.5. The van der Waals surface area contributed by atoms with Gasteiger partial charge in [0.1, 0.15) is 18.0 Å². The molecule has 0 saturated heterocycles. The summed E-state index contributed by atoms with van der Waals surface area (Å²) in [6.07, 6.45) is 0.721. The van der Waals surface area contributed by atoms with Crippen LogP contribution in [0, 0.1) is 12.7 Å². The van der Waals surface area contributed by atoms with Crippen molar-refractivity contribution >= 4 is 23.0 Å². The Bertz CT molecular complexity index is 894. The third-order valence-electron chi connectivity index (χ3n) is 3.77. The molecular weight excluding hydrogens is 339 g/mol. The number of carbonyl (C=O) groups excluding carboxylic acids is 1. The Hall–Kier alpha value is -2.73. The number of hydrogen-bond donors (Lipinski definition) is 1. The van der Waals surface area contributed by atoms with Crippen molar-refractivity contribution in [1.29, 1.82) is 0 Å². The average molecular weight is 356 g/mol. The van der Waals surface area contributed by atoms with Crippen molar-refractivity contribution in [2.24, 2.45) is 0 Å². The molecule has 0 fully saturated rings. The van der Waals surface area contributed by atoms with Crippen molar-refractivity contribution in [3.8, 4) is 0 Å². The Kier molecular flexibility index (Phi) is 5.09. The van der Waals surface area contributed by atoms with E-state index in [4.69, 9.17) is 10.5 Å². The molecule has 128 valence electrons. The van der Waals surface area contributed by atoms with Crippen LogP contribution in [0.5, 0.6) is 0 Å². The smallest absolute Gasteiger partial charge is 0.343 e. The van der Waals surface area contributed by atoms with E-state index in [1.165, 1.54) is 23.5 Å². The molecule has 0 spiro atoms. The molecule has 0 amide bonds. The number of carbonyl (C=O) groups is 1. The van der Waals surface area contributed by atoms with E-state index >= 15 is 0 Å². The SMILES string of the molecule is Cc1ccc(F)c(C(=O)OCc2csc(Cc3ccccc3)n2)c1N. The first-order chi connectivity index (χ1) is 12.0. The van der Waals surface area contributed by atoms with Gasteiger partial charge in [0, 0.05) is 11.8 Å². The maximum atomic E-state index is 13.9. The maximum Gasteiger partial charge on any atom is 0.343 e. The first-order valence-corrected chi connectivity index (χ1v) is 8.61. The summed E-state index contributed by atoms with van der Waals surface area (Å²) in [6, 6.07) is 12.7. The van der Waals surface area contributed by atoms with Gasteiger partial charge in [-0.25, -0.2) is 14.2 Å². The fourth-order valence-electron chi connectivity index (χ4n) is 2.38. The predicted molar refractivity (Wildman–Crippen MR) is 96.0 cm³/mol. The van der Waals surface area contributed by atoms with Crippen LogP contribution in [0.2, 0.25) is 0 Å². The predicted octanol–water partition coefficient (Wildman–Crippen LogP) is 4.12. The number of aryl methyl sites for hydroxylation is 1. The summed E-state index contributed by atoms with van der Waals surface area (Å²) in [5, 5.41) is 2.76. The van der Waals surface area contributed by atoms with Gasteiger partial charge < -0.3 is 10.5 Å². The second kappa shape index (κ2) is 7.44. The van der Waals surface area contributed by atoms with Gasteiger partial charge in [0.15, 0.2) is 0 Å². The second-order valence-corrected chi connectivity index (χ2v) is 6.57. The van der Waals surface area contributed by atoms with Crippen molar-refractivity contribution < 1.29 is 13.9 Å². The molecule has 0 aliphatic rings. The molecule has 3 rings (SSSR count). The molecular formula is C19H17FN2O2S. The summed E-state index contributed by atoms with van der Waals surface area (Å²) in [6.45, 7) is 1.69. The summed E-state index contributed by atoms with van der Waals surface area (Å²) >= 11 is 1.50. The minimum atomic E-state index is -0.781. The van der Waals surface area contributed by atoms with E-state index in [-0.39, 0.29) is 17.9 Å². The van der Waals surface area contributed by atoms with Crippen LogP contribution in [-0.2, 0) is 17.8 Å². The zero-order valence-electron chi connectivity index (χ0n) is 13.7. The second-order valence-electron chi connectivity index (χ2n) is 5.62. The Balaban J connectivity index is 1.65. The highest BCUT2D eigenvalue weighted by molar-refractivity contribution is 7.09. The Morgan fingerprint density at radius 3 is 2.76 bits per heavy atom. The van der Waals surface area contributed by atoms with Crippen LogP contribution in [0.3, 0.4) is 0 Å². The van der Waals surface area contributed by atoms with Gasteiger partial charge in [-0.05, 0) is 24.1 Å². The van der Waals surface area contributed by atoms with Gasteiger partial charge in [-0.1, -0.05) is 36.4 Å². The molecule has 0 aliphatic carbocycles. The van der Waals surface area contributed by atoms with E-state index in [0.29, 0.717) is 11.3 Å². The first-order valence-electron chi connectivity index (χ1n) is 7.73. The maximum absolute atomic E-state index is 13.9. The van der Waals surface area contributed by atoms with E-state index in [0.717, 1.165) is 17.0 Å². The topological polar surface area (TPSA) is 65.2 Å². The monoisotopic (exact) mass is 356 g/mol. The molecule has 0 saturated carbocycles. The number of anilines is 1. The first kappa shape index (κ1) is 17.1. The van der Waals surface area contributed by atoms with Crippen molar-refractivity contribution in [3.63, 3.8) is 0 Å². The number of hydrogen-bond acceptors (Lipinski definition) is 5. The third kappa shape index (κ3) is 4.03. The van der Waals surface area contributed by atoms with E-state index in [1.54, 1.807) is 6.92 Å². The summed E-state index contributed by atoms with van der Waals surface area (Å²) in [5.41, 5.74) is 8.10. The lowest BCUT2D eigenvalue weighted by Crippen LogP contribution is -2.12. The molecule has 0 unspecified atom stereocenters. The van der Waals surface area contributed by atoms with Crippen LogP contribution in [-0.4, -0.2) is 11.0 Å². The van der Waals surface area contributed by atoms with Gasteiger partial charge in [-0.2, -0.15) is 0 Å². The van der Waals surface area contributed by atoms with Crippen molar-refractivity contribution in [3.05, 3.63) is 81.1 Å². The van der Waals surface area contributed by atoms with Gasteiger partial charge in [0.25, 0.3) is 0 Å². The lowest BCUT2D eigenvalue weighted by Gasteiger charge is -2.09. The molecule has 6 heteroatoms. The minimum absolute atomic E-state index is 0.0169. The standard InChI is InChI=1S/C19H17FN2O2S/c1-12-7-8-15(20)17(18(12)21)19(23)24-10-14-11-25-16(22-14)9-13-5-3-2-4-6-13/h2-8,11H,9-10,21H2,1H3. The van der Waals surface area contributed by atoms with Gasteiger partial charge in [-0.15, -0.1) is 11.3 Å². The number of nitrogen functional groups attached to an aromatic ring is 1. The number of ether oxygens (including phenoxy) is 1. The number of halogens is 1. The average Bonchev–Trinajstić information content (AvgIpc) is 3.05. The largest absolute Gasteiger partial charge is 0.455 e. The quantitative estimate of drug-likeness (QED) is 0.552. The highest BCUT2D eigenvalue weighted by atomic mass is 32.1. The van der Waals surface area contributed by atoms with Crippen LogP contribution in [0.1, 0.15) is 32.2 Å². The Morgan fingerprint density at radius 2 is 2.00 bits per heavy atom. The van der Waals surface area contributed by atoms with Crippen LogP contribution in [0.4, 0.5) is 10.1 Å². The molecule has 0 atom stereocenters. The number of esters is 1. The third-order valence-corrected chi connectivity index (χ3v) is 4.66. The molecule has 0 bridgehead atoms. The molecule has 0 radical (unpaired) electrons. The highest BCUT2D eigenvalue weighted by Gasteiger charge is 2.19. The normalized spacial score (nSPS) is 10.6. The summed E-state index contributed by atoms with van der Waals surface area (Å²) in [7, 11) is 0. The van der Waals surface area contributed by atoms with E-state index in [9.17, 15) is 9.18 Å². The summed E-state index contributed by atoms with van der Waals surface area (Å²) in [4.78, 5) is 16.6. The van der Waals surface area contributed by atoms with E-state index in [1.807, 2.05) is 35.7 Å². The molecule has 25 heavy (non-hydrogen) atoms. The van der Waals surface area contributed by atoms with Crippen LogP contribution >= 0.6 is 11.3 Å². The molecule has 2 N–H and O–H groups in total. The lowest BCUT2D eigenvalue weighted by atomic mass is 10.1. The molecule has 3 aromatic rings. The van der Waals surface area contributed by atoms with Crippen molar-refractivity contribution in [2.75, 3.05) is 5.73 Å². The summed E-state index contributed by atoms with van der Waals surface area (Å²) in [5.74, 6) is -1.47. The molecule has 4 nitrogen and oxygen atoms in total. The number of nitrogens with zero attached hydrogens (tertiary/aromatic N) is 1. The van der Waals surface area contributed by atoms with Crippen molar-refractivity contribution in [2.45, 2.75) is 20.0 Å². The molecule has 1 aromatic heterocycles.